The Hall–Kier alpha value is -3.84. The van der Waals surface area contributed by atoms with Gasteiger partial charge in [0.1, 0.15) is 0 Å². The Labute approximate surface area is 245 Å². The van der Waals surface area contributed by atoms with Crippen LogP contribution in [-0.4, -0.2) is 4.98 Å². The van der Waals surface area contributed by atoms with Gasteiger partial charge in [0.25, 0.3) is 0 Å². The summed E-state index contributed by atoms with van der Waals surface area (Å²) in [6.45, 7) is 0. The second kappa shape index (κ2) is 10.2. The molecule has 0 radical (unpaired) electrons. The number of para-hydroxylation sites is 1. The van der Waals surface area contributed by atoms with Crippen molar-refractivity contribution in [2.45, 2.75) is 24.9 Å². The minimum absolute atomic E-state index is 0.245. The summed E-state index contributed by atoms with van der Waals surface area (Å²) in [5.41, 5.74) is 5.35. The topological polar surface area (TPSA) is 12.9 Å². The second-order valence-corrected chi connectivity index (χ2v) is 17.5. The van der Waals surface area contributed by atoms with Crippen LogP contribution in [0, 0.1) is 5.82 Å². The van der Waals surface area contributed by atoms with Crippen LogP contribution >= 0.6 is 17.2 Å². The summed E-state index contributed by atoms with van der Waals surface area (Å²) >= 11 is 8.58. The van der Waals surface area contributed by atoms with Crippen LogP contribution < -0.4 is 15.9 Å². The predicted octanol–water partition coefficient (Wildman–Crippen LogP) is 9.10. The van der Waals surface area contributed by atoms with Crippen LogP contribution in [-0.2, 0) is 6.16 Å². The van der Waals surface area contributed by atoms with Crippen LogP contribution in [0.15, 0.2) is 140 Å². The summed E-state index contributed by atoms with van der Waals surface area (Å²) in [5, 5.41) is 4.43. The van der Waals surface area contributed by atoms with E-state index in [0.717, 1.165) is 56.5 Å². The number of nitrogens with zero attached hydrogens (tertiary/aromatic N) is 1. The molecule has 0 spiro atoms. The van der Waals surface area contributed by atoms with Crippen molar-refractivity contribution in [3.63, 3.8) is 0 Å². The van der Waals surface area contributed by atoms with E-state index in [1.165, 1.54) is 5.56 Å². The van der Waals surface area contributed by atoms with Gasteiger partial charge >= 0.3 is 246 Å². The zero-order valence-corrected chi connectivity index (χ0v) is 24.3. The molecule has 1 aliphatic carbocycles. The summed E-state index contributed by atoms with van der Waals surface area (Å²) in [7, 11) is 0. The zero-order valence-electron chi connectivity index (χ0n) is 22.6. The number of rotatable bonds is 7. The molecule has 1 saturated carbocycles. The first-order chi connectivity index (χ1) is 20.1. The molecule has 0 amide bonds. The van der Waals surface area contributed by atoms with E-state index in [0.29, 0.717) is 12.1 Å². The van der Waals surface area contributed by atoms with Crippen LogP contribution in [0.5, 0.6) is 0 Å². The third kappa shape index (κ3) is 4.38. The van der Waals surface area contributed by atoms with Gasteiger partial charge in [-0.05, 0) is 0 Å². The molecule has 1 aromatic heterocycles. The van der Waals surface area contributed by atoms with Crippen LogP contribution in [0.3, 0.4) is 0 Å². The molecule has 6 aromatic rings. The van der Waals surface area contributed by atoms with Crippen molar-refractivity contribution >= 4 is 44.0 Å². The van der Waals surface area contributed by atoms with Gasteiger partial charge in [0.2, 0.25) is 0 Å². The van der Waals surface area contributed by atoms with Crippen LogP contribution in [0.25, 0.3) is 22.0 Å². The van der Waals surface area contributed by atoms with Gasteiger partial charge in [-0.25, -0.2) is 0 Å². The fraction of sp³-hybridized carbons (Fsp3) is 0.108. The molecular weight excluding hydrogens is 544 g/mol. The van der Waals surface area contributed by atoms with Gasteiger partial charge in [0.15, 0.2) is 0 Å². The Morgan fingerprint density at radius 3 is 1.63 bits per heavy atom. The molecule has 41 heavy (non-hydrogen) atoms. The molecule has 1 heterocycles. The van der Waals surface area contributed by atoms with E-state index >= 15 is 0 Å². The standard InChI is InChI=1S/C37H30ClFNP/c38-41(30-12-4-1-5-13-30,31-14-6-2-7-15-31,32-16-8-3-9-17-32)26-34-36(27-22-24-29(39)25-23-27)33-18-10-11-19-35(33)40-37(34)28-20-21-28/h1-19,22-25,28H,20-21,26H2. The SMILES string of the molecule is Fc1ccc(-c2c(CP(Cl)(c3ccccc3)(c3ccccc3)c3ccccc3)c(C3CC3)nc3ccccc23)cc1. The maximum absolute atomic E-state index is 14.2. The van der Waals surface area contributed by atoms with Gasteiger partial charge < -0.3 is 0 Å². The van der Waals surface area contributed by atoms with Crippen molar-refractivity contribution in [2.24, 2.45) is 0 Å². The van der Waals surface area contributed by atoms with Gasteiger partial charge in [0, 0.05) is 0 Å². The monoisotopic (exact) mass is 573 g/mol. The molecule has 5 aromatic carbocycles. The van der Waals surface area contributed by atoms with E-state index < -0.39 is 5.96 Å². The number of pyridine rings is 1. The Morgan fingerprint density at radius 1 is 0.634 bits per heavy atom. The van der Waals surface area contributed by atoms with Gasteiger partial charge in [0.05, 0.1) is 0 Å². The first-order valence-corrected chi connectivity index (χ1v) is 17.5. The first-order valence-electron chi connectivity index (χ1n) is 14.1. The van der Waals surface area contributed by atoms with Crippen molar-refractivity contribution in [1.82, 2.24) is 4.98 Å². The third-order valence-electron chi connectivity index (χ3n) is 8.46. The minimum atomic E-state index is -3.65. The number of benzene rings is 5. The molecule has 1 fully saturated rings. The molecule has 0 bridgehead atoms. The number of hydrogen-bond donors (Lipinski definition) is 0. The van der Waals surface area contributed by atoms with Gasteiger partial charge in [-0.15, -0.1) is 0 Å². The molecule has 0 atom stereocenters. The molecule has 202 valence electrons. The average Bonchev–Trinajstić information content (AvgIpc) is 3.88. The Kier molecular flexibility index (Phi) is 6.50. The van der Waals surface area contributed by atoms with E-state index in [1.54, 1.807) is 12.1 Å². The van der Waals surface area contributed by atoms with Gasteiger partial charge in [-0.3, -0.25) is 0 Å². The molecule has 1 nitrogen and oxygen atoms in total. The van der Waals surface area contributed by atoms with Gasteiger partial charge in [-0.2, -0.15) is 0 Å². The van der Waals surface area contributed by atoms with Crippen LogP contribution in [0.1, 0.15) is 30.0 Å². The molecule has 0 aliphatic heterocycles. The number of hydrogen-bond acceptors (Lipinski definition) is 1. The van der Waals surface area contributed by atoms with E-state index in [9.17, 15) is 4.39 Å². The van der Waals surface area contributed by atoms with Crippen molar-refractivity contribution < 1.29 is 4.39 Å². The number of fused-ring (bicyclic) bond motifs is 1. The van der Waals surface area contributed by atoms with E-state index in [-0.39, 0.29) is 5.82 Å². The number of halogens is 2. The molecule has 4 heteroatoms. The van der Waals surface area contributed by atoms with Gasteiger partial charge in [-0.1, -0.05) is 0 Å². The van der Waals surface area contributed by atoms with Crippen molar-refractivity contribution in [2.75, 3.05) is 0 Å². The normalized spacial score (nSPS) is 14.4. The second-order valence-electron chi connectivity index (χ2n) is 11.0. The van der Waals surface area contributed by atoms with Crippen molar-refractivity contribution in [3.05, 3.63) is 157 Å². The fourth-order valence-corrected chi connectivity index (χ4v) is 12.4. The molecule has 1 aliphatic rings. The van der Waals surface area contributed by atoms with Crippen LogP contribution in [0.4, 0.5) is 4.39 Å². The Balaban J connectivity index is 1.63. The molecule has 0 saturated heterocycles. The quantitative estimate of drug-likeness (QED) is 0.174. The predicted molar refractivity (Wildman–Crippen MR) is 174 cm³/mol. The van der Waals surface area contributed by atoms with E-state index in [4.69, 9.17) is 16.2 Å². The molecule has 0 N–H and O–H groups in total. The fourth-order valence-electron chi connectivity index (χ4n) is 6.31. The van der Waals surface area contributed by atoms with E-state index in [1.807, 2.05) is 18.2 Å². The van der Waals surface area contributed by atoms with Crippen molar-refractivity contribution in [3.8, 4) is 11.1 Å². The van der Waals surface area contributed by atoms with Crippen molar-refractivity contribution in [1.29, 1.82) is 0 Å². The molecular formula is C37H30ClFNP. The summed E-state index contributed by atoms with van der Waals surface area (Å²) in [4.78, 5) is 5.33. The van der Waals surface area contributed by atoms with Crippen LogP contribution in [0.2, 0.25) is 0 Å². The zero-order chi connectivity index (χ0) is 27.9. The molecule has 7 rings (SSSR count). The average molecular weight is 574 g/mol. The number of aromatic nitrogens is 1. The Morgan fingerprint density at radius 2 is 1.12 bits per heavy atom. The summed E-state index contributed by atoms with van der Waals surface area (Å²) in [6.07, 6.45) is 2.82. The maximum atomic E-state index is 14.2. The third-order valence-corrected chi connectivity index (χ3v) is 15.6. The summed E-state index contributed by atoms with van der Waals surface area (Å²) in [6, 6.07) is 47.0. The first kappa shape index (κ1) is 26.1. The molecule has 0 unspecified atom stereocenters. The van der Waals surface area contributed by atoms with E-state index in [2.05, 4.69) is 109 Å². The summed E-state index contributed by atoms with van der Waals surface area (Å²) < 4.78 is 14.2. The summed E-state index contributed by atoms with van der Waals surface area (Å²) in [5.74, 6) is -3.50. The Bertz CT molecular complexity index is 1740.